The number of ether oxygens (including phenoxy) is 1. The summed E-state index contributed by atoms with van der Waals surface area (Å²) in [5.41, 5.74) is 6.31. The van der Waals surface area contributed by atoms with Crippen LogP contribution in [0.2, 0.25) is 0 Å². The first-order valence-corrected chi connectivity index (χ1v) is 11.9. The minimum Gasteiger partial charge on any atom is -0.449 e. The van der Waals surface area contributed by atoms with Gasteiger partial charge in [-0.15, -0.1) is 11.3 Å². The fraction of sp³-hybridized carbons (Fsp3) is 0.542. The zero-order valence-electron chi connectivity index (χ0n) is 18.6. The highest BCUT2D eigenvalue weighted by Crippen LogP contribution is 2.43. The lowest BCUT2D eigenvalue weighted by Gasteiger charge is -2.32. The molecule has 1 aromatic heterocycles. The Morgan fingerprint density at radius 2 is 1.84 bits per heavy atom. The number of anilines is 1. The molecule has 2 amide bonds. The summed E-state index contributed by atoms with van der Waals surface area (Å²) in [4.78, 5) is 29.3. The Morgan fingerprint density at radius 1 is 1.19 bits per heavy atom. The van der Waals surface area contributed by atoms with Crippen molar-refractivity contribution in [3.63, 3.8) is 0 Å². The minimum absolute atomic E-state index is 0.0355. The van der Waals surface area contributed by atoms with Crippen molar-refractivity contribution < 1.29 is 14.3 Å². The third-order valence-corrected chi connectivity index (χ3v) is 7.73. The smallest absolute Gasteiger partial charge is 0.412 e. The summed E-state index contributed by atoms with van der Waals surface area (Å²) in [5, 5.41) is 2.90. The zero-order valence-corrected chi connectivity index (χ0v) is 19.5. The second kappa shape index (κ2) is 10.3. The average molecular weight is 444 g/mol. The van der Waals surface area contributed by atoms with Crippen molar-refractivity contribution >= 4 is 29.2 Å². The summed E-state index contributed by atoms with van der Waals surface area (Å²) in [6.07, 6.45) is 6.07. The van der Waals surface area contributed by atoms with E-state index in [-0.39, 0.29) is 10.4 Å². The van der Waals surface area contributed by atoms with Gasteiger partial charge in [-0.1, -0.05) is 57.5 Å². The number of thiazole rings is 1. The minimum atomic E-state index is -0.618. The Hall–Kier alpha value is -2.41. The Bertz CT molecular complexity index is 885. The van der Waals surface area contributed by atoms with Crippen LogP contribution in [0.4, 0.5) is 10.6 Å². The van der Waals surface area contributed by atoms with E-state index in [0.717, 1.165) is 42.6 Å². The monoisotopic (exact) mass is 443 g/mol. The molecule has 0 saturated heterocycles. The number of amides is 2. The van der Waals surface area contributed by atoms with Crippen LogP contribution in [0, 0.1) is 17.3 Å². The van der Waals surface area contributed by atoms with Crippen molar-refractivity contribution in [2.75, 3.05) is 11.9 Å². The van der Waals surface area contributed by atoms with Crippen LogP contribution in [0.3, 0.4) is 0 Å². The lowest BCUT2D eigenvalue weighted by molar-refractivity contribution is 0.0711. The molecule has 1 saturated carbocycles. The lowest BCUT2D eigenvalue weighted by atomic mass is 9.77. The van der Waals surface area contributed by atoms with Crippen molar-refractivity contribution in [2.45, 2.75) is 59.3 Å². The van der Waals surface area contributed by atoms with Gasteiger partial charge in [-0.3, -0.25) is 10.1 Å². The lowest BCUT2D eigenvalue weighted by Crippen LogP contribution is -2.29. The van der Waals surface area contributed by atoms with Gasteiger partial charge in [0.25, 0.3) is 5.91 Å². The van der Waals surface area contributed by atoms with Crippen molar-refractivity contribution in [1.29, 1.82) is 0 Å². The van der Waals surface area contributed by atoms with Crippen LogP contribution in [-0.2, 0) is 4.74 Å². The molecule has 168 valence electrons. The maximum Gasteiger partial charge on any atom is 0.412 e. The van der Waals surface area contributed by atoms with Crippen molar-refractivity contribution in [1.82, 2.24) is 4.98 Å². The van der Waals surface area contributed by atoms with Crippen LogP contribution in [0.5, 0.6) is 0 Å². The number of nitrogens with one attached hydrogen (secondary N) is 1. The number of carbonyl (C=O) groups is 2. The maximum absolute atomic E-state index is 12.7. The van der Waals surface area contributed by atoms with Crippen LogP contribution < -0.4 is 11.1 Å². The molecule has 2 atom stereocenters. The Labute approximate surface area is 188 Å². The molecule has 3 rings (SSSR count). The van der Waals surface area contributed by atoms with E-state index in [4.69, 9.17) is 10.5 Å². The number of aromatic nitrogens is 1. The summed E-state index contributed by atoms with van der Waals surface area (Å²) in [6, 6.07) is 9.49. The van der Waals surface area contributed by atoms with Gasteiger partial charge >= 0.3 is 6.09 Å². The number of carbonyl (C=O) groups excluding carboxylic acids is 2. The number of primary amides is 1. The van der Waals surface area contributed by atoms with Gasteiger partial charge in [-0.25, -0.2) is 9.78 Å². The van der Waals surface area contributed by atoms with Gasteiger partial charge in [-0.2, -0.15) is 0 Å². The van der Waals surface area contributed by atoms with E-state index in [1.807, 2.05) is 30.3 Å². The average Bonchev–Trinajstić information content (AvgIpc) is 3.13. The highest BCUT2D eigenvalue weighted by atomic mass is 32.1. The normalized spacial score (nSPS) is 23.7. The van der Waals surface area contributed by atoms with Crippen molar-refractivity contribution in [2.24, 2.45) is 23.0 Å². The molecular weight excluding hydrogens is 410 g/mol. The highest BCUT2D eigenvalue weighted by Gasteiger charge is 2.35. The van der Waals surface area contributed by atoms with Gasteiger partial charge < -0.3 is 10.5 Å². The van der Waals surface area contributed by atoms with Crippen LogP contribution in [0.25, 0.3) is 10.4 Å². The van der Waals surface area contributed by atoms with Gasteiger partial charge in [-0.05, 0) is 49.5 Å². The highest BCUT2D eigenvalue weighted by molar-refractivity contribution is 7.17. The molecule has 1 fully saturated rings. The SMILES string of the molecule is CCCC1(COC(=O)Nc2nc(C(N)=O)sc2-c2ccccc2)CCC(C)C(C)CC1. The number of rotatable bonds is 7. The van der Waals surface area contributed by atoms with E-state index in [9.17, 15) is 9.59 Å². The molecular formula is C24H33N3O3S. The summed E-state index contributed by atoms with van der Waals surface area (Å²) >= 11 is 1.16. The fourth-order valence-electron chi connectivity index (χ4n) is 4.41. The van der Waals surface area contributed by atoms with E-state index in [1.165, 1.54) is 12.8 Å². The number of benzene rings is 1. The molecule has 0 bridgehead atoms. The molecule has 6 nitrogen and oxygen atoms in total. The second-order valence-electron chi connectivity index (χ2n) is 8.91. The quantitative estimate of drug-likeness (QED) is 0.506. The molecule has 1 aliphatic rings. The fourth-order valence-corrected chi connectivity index (χ4v) is 5.28. The van der Waals surface area contributed by atoms with Crippen molar-refractivity contribution in [3.8, 4) is 10.4 Å². The van der Waals surface area contributed by atoms with E-state index in [1.54, 1.807) is 0 Å². The van der Waals surface area contributed by atoms with E-state index < -0.39 is 12.0 Å². The van der Waals surface area contributed by atoms with Gasteiger partial charge in [0.15, 0.2) is 10.8 Å². The largest absolute Gasteiger partial charge is 0.449 e. The second-order valence-corrected chi connectivity index (χ2v) is 9.91. The summed E-state index contributed by atoms with van der Waals surface area (Å²) in [6.45, 7) is 7.24. The zero-order chi connectivity index (χ0) is 22.4. The molecule has 0 spiro atoms. The Kier molecular flexibility index (Phi) is 7.70. The van der Waals surface area contributed by atoms with Gasteiger partial charge in [0, 0.05) is 5.41 Å². The summed E-state index contributed by atoms with van der Waals surface area (Å²) in [5.74, 6) is 1.08. The molecule has 0 aliphatic heterocycles. The van der Waals surface area contributed by atoms with Gasteiger partial charge in [0.05, 0.1) is 11.5 Å². The number of hydrogen-bond donors (Lipinski definition) is 2. The topological polar surface area (TPSA) is 94.3 Å². The molecule has 0 radical (unpaired) electrons. The number of hydrogen-bond acceptors (Lipinski definition) is 5. The van der Waals surface area contributed by atoms with Crippen molar-refractivity contribution in [3.05, 3.63) is 35.3 Å². The number of nitrogens with two attached hydrogens (primary N) is 1. The predicted octanol–water partition coefficient (Wildman–Crippen LogP) is 6.09. The maximum atomic E-state index is 12.7. The number of nitrogens with zero attached hydrogens (tertiary/aromatic N) is 1. The van der Waals surface area contributed by atoms with E-state index in [2.05, 4.69) is 31.1 Å². The first kappa shape index (κ1) is 23.3. The van der Waals surface area contributed by atoms with Gasteiger partial charge in [0.2, 0.25) is 0 Å². The molecule has 2 aromatic rings. The van der Waals surface area contributed by atoms with Crippen LogP contribution in [0.1, 0.15) is 69.1 Å². The Balaban J connectivity index is 1.72. The molecule has 1 aromatic carbocycles. The standard InChI is InChI=1S/C24H33N3O3S/c1-4-12-24(13-10-16(2)17(3)11-14-24)15-30-23(29)27-21-19(18-8-6-5-7-9-18)31-22(26-21)20(25)28/h5-9,16-17H,4,10-15H2,1-3H3,(H2,25,28)(H,27,29). The van der Waals surface area contributed by atoms with Crippen LogP contribution in [-0.4, -0.2) is 23.6 Å². The summed E-state index contributed by atoms with van der Waals surface area (Å²) < 4.78 is 5.73. The third-order valence-electron chi connectivity index (χ3n) is 6.62. The van der Waals surface area contributed by atoms with Gasteiger partial charge in [0.1, 0.15) is 0 Å². The predicted molar refractivity (Wildman–Crippen MR) is 125 cm³/mol. The van der Waals surface area contributed by atoms with E-state index in [0.29, 0.717) is 29.1 Å². The van der Waals surface area contributed by atoms with Crippen LogP contribution in [0.15, 0.2) is 30.3 Å². The molecule has 31 heavy (non-hydrogen) atoms. The third kappa shape index (κ3) is 5.85. The molecule has 3 N–H and O–H groups in total. The Morgan fingerprint density at radius 3 is 2.42 bits per heavy atom. The molecule has 1 heterocycles. The molecule has 1 aliphatic carbocycles. The summed E-state index contributed by atoms with van der Waals surface area (Å²) in [7, 11) is 0. The molecule has 2 unspecified atom stereocenters. The van der Waals surface area contributed by atoms with Crippen LogP contribution >= 0.6 is 11.3 Å². The van der Waals surface area contributed by atoms with E-state index >= 15 is 0 Å². The molecule has 7 heteroatoms. The first-order valence-electron chi connectivity index (χ1n) is 11.1. The first-order chi connectivity index (χ1) is 14.8.